The number of pyridine rings is 1. The largest absolute Gasteiger partial charge is 0.488 e. The van der Waals surface area contributed by atoms with Crippen LogP contribution in [0.15, 0.2) is 52.6 Å². The van der Waals surface area contributed by atoms with Crippen LogP contribution in [0.4, 0.5) is 22.0 Å². The average Bonchev–Trinajstić information content (AvgIpc) is 2.84. The van der Waals surface area contributed by atoms with Crippen molar-refractivity contribution in [3.05, 3.63) is 80.6 Å². The standard InChI is InChI=1S/C26H24F5N5O4/c1-13(40-20-11-34-35-23(37)21(20)26(29,30)31)6-16(27)12-36-5-4-14-7-18(19(28)8-17(14)24(36)38)22-32-9-15(10-33-22)25(2,3)39/h4-5,7-11,13,16,39H,6,12H2,1-3H3,(H,35,37)/t13-,16?/m0/s1. The normalized spacial score (nSPS) is 13.8. The molecule has 2 N–H and O–H groups in total. The third-order valence-corrected chi connectivity index (χ3v) is 6.08. The highest BCUT2D eigenvalue weighted by molar-refractivity contribution is 5.86. The Hall–Kier alpha value is -4.20. The first-order valence-electron chi connectivity index (χ1n) is 12.0. The summed E-state index contributed by atoms with van der Waals surface area (Å²) in [6, 6.07) is 3.86. The van der Waals surface area contributed by atoms with Gasteiger partial charge in [-0.2, -0.15) is 18.3 Å². The van der Waals surface area contributed by atoms with Crippen molar-refractivity contribution in [1.82, 2.24) is 24.7 Å². The number of aromatic amines is 1. The summed E-state index contributed by atoms with van der Waals surface area (Å²) in [5, 5.41) is 15.3. The van der Waals surface area contributed by atoms with E-state index in [4.69, 9.17) is 4.74 Å². The minimum Gasteiger partial charge on any atom is -0.488 e. The molecule has 1 aromatic carbocycles. The molecule has 0 bridgehead atoms. The van der Waals surface area contributed by atoms with Crippen molar-refractivity contribution in [2.75, 3.05) is 0 Å². The molecule has 0 amide bonds. The molecule has 40 heavy (non-hydrogen) atoms. The molecule has 0 saturated carbocycles. The first kappa shape index (κ1) is 28.8. The lowest BCUT2D eigenvalue weighted by Gasteiger charge is -2.19. The van der Waals surface area contributed by atoms with Crippen molar-refractivity contribution in [3.63, 3.8) is 0 Å². The SMILES string of the molecule is C[C@@H](CC(F)Cn1ccc2cc(-c3ncc(C(C)(C)O)cn3)c(F)cc2c1=O)Oc1cn[nH]c(=O)c1C(F)(F)F. The number of halogens is 5. The van der Waals surface area contributed by atoms with Gasteiger partial charge in [-0.15, -0.1) is 0 Å². The minimum absolute atomic E-state index is 0.0220. The Balaban J connectivity index is 1.51. The highest BCUT2D eigenvalue weighted by Crippen LogP contribution is 2.33. The van der Waals surface area contributed by atoms with Gasteiger partial charge in [0.15, 0.2) is 17.1 Å². The van der Waals surface area contributed by atoms with Gasteiger partial charge in [-0.05, 0) is 44.4 Å². The van der Waals surface area contributed by atoms with E-state index in [1.54, 1.807) is 18.9 Å². The van der Waals surface area contributed by atoms with Crippen LogP contribution in [0, 0.1) is 5.82 Å². The summed E-state index contributed by atoms with van der Waals surface area (Å²) in [6.07, 6.45) is -3.55. The van der Waals surface area contributed by atoms with Crippen molar-refractivity contribution in [2.45, 2.75) is 57.8 Å². The van der Waals surface area contributed by atoms with E-state index >= 15 is 0 Å². The molecular formula is C26H24F5N5O4. The summed E-state index contributed by atoms with van der Waals surface area (Å²) in [5.41, 5.74) is -4.51. The van der Waals surface area contributed by atoms with Gasteiger partial charge in [-0.25, -0.2) is 23.8 Å². The number of aliphatic hydroxyl groups is 1. The van der Waals surface area contributed by atoms with Crippen LogP contribution < -0.4 is 15.9 Å². The lowest BCUT2D eigenvalue weighted by Crippen LogP contribution is -2.29. The smallest absolute Gasteiger partial charge is 0.425 e. The number of hydrogen-bond acceptors (Lipinski definition) is 7. The summed E-state index contributed by atoms with van der Waals surface area (Å²) in [6.45, 7) is 3.93. The number of fused-ring (bicyclic) bond motifs is 1. The zero-order valence-corrected chi connectivity index (χ0v) is 21.5. The highest BCUT2D eigenvalue weighted by atomic mass is 19.4. The molecule has 0 spiro atoms. The Morgan fingerprint density at radius 2 is 1.80 bits per heavy atom. The molecule has 3 aromatic heterocycles. The summed E-state index contributed by atoms with van der Waals surface area (Å²) in [5.74, 6) is -1.59. The molecule has 212 valence electrons. The fourth-order valence-electron chi connectivity index (χ4n) is 4.06. The van der Waals surface area contributed by atoms with Gasteiger partial charge in [0.25, 0.3) is 11.1 Å². The molecule has 0 aliphatic rings. The van der Waals surface area contributed by atoms with Gasteiger partial charge in [0, 0.05) is 30.6 Å². The topological polar surface area (TPSA) is 123 Å². The van der Waals surface area contributed by atoms with Gasteiger partial charge in [-0.1, -0.05) is 0 Å². The molecule has 0 radical (unpaired) electrons. The molecule has 2 atom stereocenters. The number of nitrogens with one attached hydrogen (secondary N) is 1. The summed E-state index contributed by atoms with van der Waals surface area (Å²) >= 11 is 0. The van der Waals surface area contributed by atoms with E-state index in [1.807, 2.05) is 0 Å². The van der Waals surface area contributed by atoms with E-state index in [0.717, 1.165) is 10.6 Å². The first-order valence-corrected chi connectivity index (χ1v) is 12.0. The predicted octanol–water partition coefficient (Wildman–Crippen LogP) is 4.12. The number of nitrogens with zero attached hydrogens (tertiary/aromatic N) is 4. The third-order valence-electron chi connectivity index (χ3n) is 6.08. The monoisotopic (exact) mass is 565 g/mol. The van der Waals surface area contributed by atoms with Crippen LogP contribution >= 0.6 is 0 Å². The second-order valence-corrected chi connectivity index (χ2v) is 9.74. The van der Waals surface area contributed by atoms with Gasteiger partial charge >= 0.3 is 6.18 Å². The lowest BCUT2D eigenvalue weighted by atomic mass is 10.0. The molecular weight excluding hydrogens is 541 g/mol. The van der Waals surface area contributed by atoms with Gasteiger partial charge < -0.3 is 14.4 Å². The molecule has 0 fully saturated rings. The molecule has 14 heteroatoms. The summed E-state index contributed by atoms with van der Waals surface area (Å²) in [4.78, 5) is 32.7. The number of rotatable bonds is 8. The van der Waals surface area contributed by atoms with E-state index in [9.17, 15) is 36.6 Å². The zero-order valence-electron chi connectivity index (χ0n) is 21.5. The van der Waals surface area contributed by atoms with E-state index < -0.39 is 65.3 Å². The third kappa shape index (κ3) is 6.17. The van der Waals surface area contributed by atoms with Crippen LogP contribution in [0.2, 0.25) is 0 Å². The van der Waals surface area contributed by atoms with Crippen molar-refractivity contribution in [3.8, 4) is 17.1 Å². The molecule has 0 aliphatic heterocycles. The van der Waals surface area contributed by atoms with E-state index in [0.29, 0.717) is 17.1 Å². The molecule has 0 aliphatic carbocycles. The van der Waals surface area contributed by atoms with Crippen LogP contribution in [-0.2, 0) is 18.3 Å². The Kier molecular flexibility index (Phi) is 7.74. The fourth-order valence-corrected chi connectivity index (χ4v) is 4.06. The molecule has 1 unspecified atom stereocenters. The van der Waals surface area contributed by atoms with E-state index in [1.165, 1.54) is 37.6 Å². The van der Waals surface area contributed by atoms with Crippen molar-refractivity contribution >= 4 is 10.8 Å². The molecule has 3 heterocycles. The molecule has 9 nitrogen and oxygen atoms in total. The maximum absolute atomic E-state index is 15.0. The maximum atomic E-state index is 15.0. The number of alkyl halides is 4. The van der Waals surface area contributed by atoms with Crippen LogP contribution in [0.5, 0.6) is 5.75 Å². The summed E-state index contributed by atoms with van der Waals surface area (Å²) in [7, 11) is 0. The van der Waals surface area contributed by atoms with Gasteiger partial charge in [0.05, 0.1) is 35.4 Å². The Labute approximate surface area is 223 Å². The van der Waals surface area contributed by atoms with Crippen molar-refractivity contribution in [1.29, 1.82) is 0 Å². The van der Waals surface area contributed by atoms with Gasteiger partial charge in [-0.3, -0.25) is 9.59 Å². The molecule has 4 rings (SSSR count). The summed E-state index contributed by atoms with van der Waals surface area (Å²) < 4.78 is 75.6. The van der Waals surface area contributed by atoms with Crippen molar-refractivity contribution < 1.29 is 31.8 Å². The van der Waals surface area contributed by atoms with Crippen LogP contribution in [-0.4, -0.2) is 42.1 Å². The Morgan fingerprint density at radius 3 is 2.42 bits per heavy atom. The minimum atomic E-state index is -5.01. The van der Waals surface area contributed by atoms with Gasteiger partial charge in [0.2, 0.25) is 0 Å². The zero-order chi connectivity index (χ0) is 29.4. The number of aromatic nitrogens is 5. The quantitative estimate of drug-likeness (QED) is 0.308. The first-order chi connectivity index (χ1) is 18.6. The number of hydrogen-bond donors (Lipinski definition) is 2. The lowest BCUT2D eigenvalue weighted by molar-refractivity contribution is -0.140. The molecule has 0 saturated heterocycles. The average molecular weight is 565 g/mol. The fraction of sp³-hybridized carbons (Fsp3) is 0.346. The van der Waals surface area contributed by atoms with E-state index in [-0.39, 0.29) is 16.8 Å². The van der Waals surface area contributed by atoms with Crippen LogP contribution in [0.1, 0.15) is 38.3 Å². The predicted molar refractivity (Wildman–Crippen MR) is 134 cm³/mol. The second kappa shape index (κ2) is 10.8. The highest BCUT2D eigenvalue weighted by Gasteiger charge is 2.38. The maximum Gasteiger partial charge on any atom is 0.425 e. The van der Waals surface area contributed by atoms with E-state index in [2.05, 4.69) is 15.1 Å². The van der Waals surface area contributed by atoms with Crippen LogP contribution in [0.25, 0.3) is 22.2 Å². The number of benzene rings is 1. The Bertz CT molecular complexity index is 1650. The number of ether oxygens (including phenoxy) is 1. The molecule has 4 aromatic rings. The van der Waals surface area contributed by atoms with Crippen LogP contribution in [0.3, 0.4) is 0 Å². The van der Waals surface area contributed by atoms with Crippen molar-refractivity contribution in [2.24, 2.45) is 0 Å². The van der Waals surface area contributed by atoms with Gasteiger partial charge in [0.1, 0.15) is 12.0 Å². The number of H-pyrrole nitrogens is 1. The second-order valence-electron chi connectivity index (χ2n) is 9.74. The Morgan fingerprint density at radius 1 is 1.12 bits per heavy atom.